The number of pyridine rings is 1. The van der Waals surface area contributed by atoms with Crippen molar-refractivity contribution in [2.24, 2.45) is 0 Å². The van der Waals surface area contributed by atoms with Gasteiger partial charge in [-0.2, -0.15) is 0 Å². The quantitative estimate of drug-likeness (QED) is 0.830. The Hall–Kier alpha value is -1.42. The van der Waals surface area contributed by atoms with Crippen LogP contribution in [0.2, 0.25) is 0 Å². The van der Waals surface area contributed by atoms with Gasteiger partial charge in [-0.15, -0.1) is 0 Å². The highest BCUT2D eigenvalue weighted by Gasteiger charge is 1.99. The largest absolute Gasteiger partial charge is 0.311 e. The maximum atomic E-state index is 12.9. The fourth-order valence-electron chi connectivity index (χ4n) is 1.45. The van der Waals surface area contributed by atoms with Crippen LogP contribution in [0.5, 0.6) is 0 Å². The summed E-state index contributed by atoms with van der Waals surface area (Å²) in [7, 11) is 0. The number of aromatic nitrogens is 1. The summed E-state index contributed by atoms with van der Waals surface area (Å²) in [5.74, 6) is -0.289. The Morgan fingerprint density at radius 2 is 2.06 bits per heavy atom. The summed E-state index contributed by atoms with van der Waals surface area (Å²) in [6.07, 6.45) is 1.68. The van der Waals surface area contributed by atoms with E-state index >= 15 is 0 Å². The van der Waals surface area contributed by atoms with Crippen LogP contribution in [0.4, 0.5) is 4.39 Å². The van der Waals surface area contributed by atoms with Gasteiger partial charge in [0, 0.05) is 16.7 Å². The summed E-state index contributed by atoms with van der Waals surface area (Å²) in [6.45, 7) is 0.379. The molecule has 0 spiro atoms. The van der Waals surface area contributed by atoms with Crippen LogP contribution in [0, 0.1) is 5.82 Å². The average Bonchev–Trinajstić information content (AvgIpc) is 2.22. The molecule has 16 heavy (non-hydrogen) atoms. The first-order chi connectivity index (χ1) is 7.65. The second-order valence-corrected chi connectivity index (χ2v) is 4.36. The Balaban J connectivity index is 2.31. The highest BCUT2D eigenvalue weighted by atomic mass is 79.9. The highest BCUT2D eigenvalue weighted by Crippen LogP contribution is 2.07. The summed E-state index contributed by atoms with van der Waals surface area (Å²) in [6, 6.07) is 9.49. The minimum Gasteiger partial charge on any atom is -0.311 e. The first kappa shape index (κ1) is 11.1. The van der Waals surface area contributed by atoms with Gasteiger partial charge in [0.05, 0.1) is 6.54 Å². The van der Waals surface area contributed by atoms with Gasteiger partial charge in [0.15, 0.2) is 0 Å². The van der Waals surface area contributed by atoms with Crippen LogP contribution in [0.1, 0.15) is 5.56 Å². The van der Waals surface area contributed by atoms with Gasteiger partial charge in [-0.05, 0) is 23.8 Å². The summed E-state index contributed by atoms with van der Waals surface area (Å²) < 4.78 is 15.2. The third kappa shape index (κ3) is 2.58. The molecule has 2 aromatic rings. The van der Waals surface area contributed by atoms with E-state index in [4.69, 9.17) is 0 Å². The zero-order chi connectivity index (χ0) is 11.5. The summed E-state index contributed by atoms with van der Waals surface area (Å²) in [5.41, 5.74) is 0.656. The van der Waals surface area contributed by atoms with E-state index in [1.807, 2.05) is 0 Å². The molecule has 82 valence electrons. The fraction of sp³-hybridized carbons (Fsp3) is 0.0833. The van der Waals surface area contributed by atoms with Gasteiger partial charge in [-0.3, -0.25) is 4.79 Å². The predicted molar refractivity (Wildman–Crippen MR) is 63.9 cm³/mol. The lowest BCUT2D eigenvalue weighted by Gasteiger charge is -2.05. The van der Waals surface area contributed by atoms with Crippen molar-refractivity contribution in [2.75, 3.05) is 0 Å². The van der Waals surface area contributed by atoms with Crippen molar-refractivity contribution in [3.05, 3.63) is 68.8 Å². The number of benzene rings is 1. The minimum absolute atomic E-state index is 0.112. The maximum absolute atomic E-state index is 12.9. The van der Waals surface area contributed by atoms with Crippen molar-refractivity contribution in [1.82, 2.24) is 4.57 Å². The molecule has 0 unspecified atom stereocenters. The molecule has 1 aromatic carbocycles. The van der Waals surface area contributed by atoms with Crippen LogP contribution in [0.3, 0.4) is 0 Å². The Morgan fingerprint density at radius 1 is 1.25 bits per heavy atom. The molecule has 1 heterocycles. The molecule has 4 heteroatoms. The van der Waals surface area contributed by atoms with Gasteiger partial charge in [0.25, 0.3) is 5.56 Å². The second-order valence-electron chi connectivity index (χ2n) is 3.44. The zero-order valence-electron chi connectivity index (χ0n) is 8.36. The van der Waals surface area contributed by atoms with Crippen LogP contribution in [-0.2, 0) is 6.54 Å². The van der Waals surface area contributed by atoms with Crippen molar-refractivity contribution in [3.8, 4) is 0 Å². The maximum Gasteiger partial charge on any atom is 0.251 e. The zero-order valence-corrected chi connectivity index (χ0v) is 9.95. The molecular weight excluding hydrogens is 273 g/mol. The van der Waals surface area contributed by atoms with Crippen LogP contribution < -0.4 is 5.56 Å². The lowest BCUT2D eigenvalue weighted by atomic mass is 10.2. The van der Waals surface area contributed by atoms with E-state index in [1.165, 1.54) is 22.8 Å². The Morgan fingerprint density at radius 3 is 2.75 bits per heavy atom. The van der Waals surface area contributed by atoms with Gasteiger partial charge in [0.2, 0.25) is 0 Å². The van der Waals surface area contributed by atoms with Crippen LogP contribution >= 0.6 is 15.9 Å². The molecule has 2 rings (SSSR count). The van der Waals surface area contributed by atoms with Crippen molar-refractivity contribution in [3.63, 3.8) is 0 Å². The standard InChI is InChI=1S/C12H9BrFNO/c13-10-4-5-15(12(16)7-10)8-9-2-1-3-11(14)6-9/h1-7H,8H2. The molecule has 0 radical (unpaired) electrons. The van der Waals surface area contributed by atoms with E-state index < -0.39 is 0 Å². The number of nitrogens with zero attached hydrogens (tertiary/aromatic N) is 1. The molecule has 0 aliphatic rings. The molecule has 0 saturated carbocycles. The molecule has 0 aliphatic carbocycles. The molecule has 0 atom stereocenters. The number of rotatable bonds is 2. The monoisotopic (exact) mass is 281 g/mol. The Labute approximate surface area is 100 Å². The van der Waals surface area contributed by atoms with Crippen LogP contribution in [0.25, 0.3) is 0 Å². The summed E-state index contributed by atoms with van der Waals surface area (Å²) >= 11 is 3.22. The van der Waals surface area contributed by atoms with E-state index in [2.05, 4.69) is 15.9 Å². The molecule has 1 aromatic heterocycles. The molecule has 0 aliphatic heterocycles. The van der Waals surface area contributed by atoms with Crippen LogP contribution in [0.15, 0.2) is 51.9 Å². The van der Waals surface area contributed by atoms with E-state index in [0.29, 0.717) is 6.54 Å². The van der Waals surface area contributed by atoms with Gasteiger partial charge < -0.3 is 4.57 Å². The number of hydrogen-bond acceptors (Lipinski definition) is 1. The minimum atomic E-state index is -0.289. The number of halogens is 2. The van der Waals surface area contributed by atoms with E-state index in [1.54, 1.807) is 24.4 Å². The molecule has 0 amide bonds. The molecule has 0 saturated heterocycles. The third-order valence-electron chi connectivity index (χ3n) is 2.20. The smallest absolute Gasteiger partial charge is 0.251 e. The molecular formula is C12H9BrFNO. The van der Waals surface area contributed by atoms with E-state index in [-0.39, 0.29) is 11.4 Å². The van der Waals surface area contributed by atoms with E-state index in [0.717, 1.165) is 10.0 Å². The number of hydrogen-bond donors (Lipinski definition) is 0. The van der Waals surface area contributed by atoms with Gasteiger partial charge in [-0.1, -0.05) is 28.1 Å². The molecule has 0 bridgehead atoms. The average molecular weight is 282 g/mol. The topological polar surface area (TPSA) is 22.0 Å². The Kier molecular flexibility index (Phi) is 3.19. The van der Waals surface area contributed by atoms with Gasteiger partial charge in [0.1, 0.15) is 5.82 Å². The first-order valence-electron chi connectivity index (χ1n) is 4.75. The van der Waals surface area contributed by atoms with Gasteiger partial charge in [-0.25, -0.2) is 4.39 Å². The second kappa shape index (κ2) is 4.61. The SMILES string of the molecule is O=c1cc(Br)ccn1Cc1cccc(F)c1. The predicted octanol–water partition coefficient (Wildman–Crippen LogP) is 2.80. The van der Waals surface area contributed by atoms with Crippen LogP contribution in [-0.4, -0.2) is 4.57 Å². The molecule has 2 nitrogen and oxygen atoms in total. The van der Waals surface area contributed by atoms with Crippen molar-refractivity contribution < 1.29 is 4.39 Å². The first-order valence-corrected chi connectivity index (χ1v) is 5.55. The van der Waals surface area contributed by atoms with Gasteiger partial charge >= 0.3 is 0 Å². The van der Waals surface area contributed by atoms with Crippen molar-refractivity contribution in [2.45, 2.75) is 6.54 Å². The molecule has 0 N–H and O–H groups in total. The lowest BCUT2D eigenvalue weighted by Crippen LogP contribution is -2.18. The fourth-order valence-corrected chi connectivity index (χ4v) is 1.76. The third-order valence-corrected chi connectivity index (χ3v) is 2.69. The van der Waals surface area contributed by atoms with Crippen molar-refractivity contribution >= 4 is 15.9 Å². The Bertz CT molecular complexity index is 565. The van der Waals surface area contributed by atoms with Crippen molar-refractivity contribution in [1.29, 1.82) is 0 Å². The van der Waals surface area contributed by atoms with E-state index in [9.17, 15) is 9.18 Å². The lowest BCUT2D eigenvalue weighted by molar-refractivity contribution is 0.622. The normalized spacial score (nSPS) is 10.4. The highest BCUT2D eigenvalue weighted by molar-refractivity contribution is 9.10. The molecule has 0 fully saturated rings. The summed E-state index contributed by atoms with van der Waals surface area (Å²) in [4.78, 5) is 11.6. The summed E-state index contributed by atoms with van der Waals surface area (Å²) in [5, 5.41) is 0.